The number of aromatic carboxylic acids is 1. The Bertz CT molecular complexity index is 464. The van der Waals surface area contributed by atoms with Crippen LogP contribution in [0, 0.1) is 0 Å². The third-order valence-corrected chi connectivity index (χ3v) is 3.90. The molecule has 1 saturated heterocycles. The average molecular weight is 314 g/mol. The highest BCUT2D eigenvalue weighted by molar-refractivity contribution is 9.10. The Hall–Kier alpha value is -1.07. The van der Waals surface area contributed by atoms with Crippen LogP contribution in [0.25, 0.3) is 0 Å². The van der Waals surface area contributed by atoms with Gasteiger partial charge in [-0.15, -0.1) is 0 Å². The molecule has 2 rings (SSSR count). The van der Waals surface area contributed by atoms with E-state index >= 15 is 0 Å². The smallest absolute Gasteiger partial charge is 0.337 e. The first-order valence-electron chi connectivity index (χ1n) is 5.88. The van der Waals surface area contributed by atoms with Crippen LogP contribution in [0.3, 0.4) is 0 Å². The molecular weight excluding hydrogens is 298 g/mol. The standard InChI is InChI=1S/C13H16BrNO3/c1-8-11(5-6-18-8)15(2)12-4-3-9(14)7-10(12)13(16)17/h3-4,7-8,11H,5-6H2,1-2H3,(H,16,17). The maximum Gasteiger partial charge on any atom is 0.337 e. The molecule has 1 fully saturated rings. The van der Waals surface area contributed by atoms with E-state index in [1.807, 2.05) is 31.0 Å². The second-order valence-corrected chi connectivity index (χ2v) is 5.43. The summed E-state index contributed by atoms with van der Waals surface area (Å²) < 4.78 is 6.30. The van der Waals surface area contributed by atoms with Gasteiger partial charge in [0.25, 0.3) is 0 Å². The number of ether oxygens (including phenoxy) is 1. The second-order valence-electron chi connectivity index (χ2n) is 4.51. The monoisotopic (exact) mass is 313 g/mol. The van der Waals surface area contributed by atoms with E-state index in [-0.39, 0.29) is 12.1 Å². The normalized spacial score (nSPS) is 23.1. The molecule has 0 amide bonds. The number of likely N-dealkylation sites (N-methyl/N-ethyl adjacent to an activating group) is 1. The molecule has 0 saturated carbocycles. The van der Waals surface area contributed by atoms with Crippen molar-refractivity contribution in [1.29, 1.82) is 0 Å². The van der Waals surface area contributed by atoms with E-state index < -0.39 is 5.97 Å². The van der Waals surface area contributed by atoms with Crippen molar-refractivity contribution in [3.8, 4) is 0 Å². The van der Waals surface area contributed by atoms with Gasteiger partial charge in [0, 0.05) is 18.1 Å². The molecule has 1 heterocycles. The minimum absolute atomic E-state index is 0.125. The fourth-order valence-corrected chi connectivity index (χ4v) is 2.76. The van der Waals surface area contributed by atoms with Crippen LogP contribution in [0.4, 0.5) is 5.69 Å². The maximum absolute atomic E-state index is 11.3. The first-order chi connectivity index (χ1) is 8.50. The van der Waals surface area contributed by atoms with Crippen LogP contribution in [0.5, 0.6) is 0 Å². The van der Waals surface area contributed by atoms with Crippen molar-refractivity contribution in [3.05, 3.63) is 28.2 Å². The van der Waals surface area contributed by atoms with E-state index in [0.717, 1.165) is 23.2 Å². The molecule has 0 aliphatic carbocycles. The Kier molecular flexibility index (Phi) is 3.92. The molecule has 0 radical (unpaired) electrons. The highest BCUT2D eigenvalue weighted by Gasteiger charge is 2.29. The lowest BCUT2D eigenvalue weighted by Crippen LogP contribution is -2.37. The van der Waals surface area contributed by atoms with E-state index in [4.69, 9.17) is 4.74 Å². The van der Waals surface area contributed by atoms with Crippen LogP contribution in [0.1, 0.15) is 23.7 Å². The largest absolute Gasteiger partial charge is 0.478 e. The zero-order valence-electron chi connectivity index (χ0n) is 10.4. The minimum atomic E-state index is -0.912. The van der Waals surface area contributed by atoms with Crippen LogP contribution in [-0.4, -0.2) is 36.9 Å². The van der Waals surface area contributed by atoms with Gasteiger partial charge >= 0.3 is 5.97 Å². The number of carboxylic acids is 1. The molecule has 2 atom stereocenters. The number of hydrogen-bond donors (Lipinski definition) is 1. The lowest BCUT2D eigenvalue weighted by Gasteiger charge is -2.30. The molecular formula is C13H16BrNO3. The van der Waals surface area contributed by atoms with Crippen molar-refractivity contribution < 1.29 is 14.6 Å². The maximum atomic E-state index is 11.3. The number of carbonyl (C=O) groups is 1. The molecule has 5 heteroatoms. The second kappa shape index (κ2) is 5.28. The molecule has 1 aliphatic heterocycles. The van der Waals surface area contributed by atoms with Crippen LogP contribution >= 0.6 is 15.9 Å². The van der Waals surface area contributed by atoms with Crippen LogP contribution in [0.2, 0.25) is 0 Å². The van der Waals surface area contributed by atoms with Gasteiger partial charge in [-0.3, -0.25) is 0 Å². The van der Waals surface area contributed by atoms with E-state index in [1.54, 1.807) is 6.07 Å². The third-order valence-electron chi connectivity index (χ3n) is 3.40. The van der Waals surface area contributed by atoms with Gasteiger partial charge in [-0.1, -0.05) is 15.9 Å². The van der Waals surface area contributed by atoms with Crippen molar-refractivity contribution in [2.75, 3.05) is 18.6 Å². The van der Waals surface area contributed by atoms with Crippen LogP contribution in [0.15, 0.2) is 22.7 Å². The number of rotatable bonds is 3. The van der Waals surface area contributed by atoms with E-state index in [1.165, 1.54) is 0 Å². The Morgan fingerprint density at radius 1 is 1.56 bits per heavy atom. The summed E-state index contributed by atoms with van der Waals surface area (Å²) in [4.78, 5) is 13.3. The lowest BCUT2D eigenvalue weighted by atomic mass is 10.1. The Balaban J connectivity index is 2.35. The zero-order chi connectivity index (χ0) is 13.3. The summed E-state index contributed by atoms with van der Waals surface area (Å²) >= 11 is 3.30. The summed E-state index contributed by atoms with van der Waals surface area (Å²) in [6, 6.07) is 5.55. The predicted octanol–water partition coefficient (Wildman–Crippen LogP) is 2.76. The third kappa shape index (κ3) is 2.52. The van der Waals surface area contributed by atoms with Gasteiger partial charge in [-0.05, 0) is 31.5 Å². The molecule has 0 bridgehead atoms. The molecule has 1 aromatic carbocycles. The van der Waals surface area contributed by atoms with Crippen LogP contribution in [-0.2, 0) is 4.74 Å². The Morgan fingerprint density at radius 3 is 2.83 bits per heavy atom. The quantitative estimate of drug-likeness (QED) is 0.932. The van der Waals surface area contributed by atoms with E-state index in [2.05, 4.69) is 15.9 Å². The fourth-order valence-electron chi connectivity index (χ4n) is 2.39. The van der Waals surface area contributed by atoms with Gasteiger partial charge in [0.2, 0.25) is 0 Å². The molecule has 98 valence electrons. The van der Waals surface area contributed by atoms with Crippen molar-refractivity contribution in [2.45, 2.75) is 25.5 Å². The minimum Gasteiger partial charge on any atom is -0.478 e. The molecule has 1 aromatic rings. The number of halogens is 1. The summed E-state index contributed by atoms with van der Waals surface area (Å²) in [5.41, 5.74) is 1.04. The molecule has 0 spiro atoms. The first kappa shape index (κ1) is 13.4. The molecule has 0 aromatic heterocycles. The van der Waals surface area contributed by atoms with Crippen molar-refractivity contribution in [3.63, 3.8) is 0 Å². The highest BCUT2D eigenvalue weighted by atomic mass is 79.9. The molecule has 2 unspecified atom stereocenters. The summed E-state index contributed by atoms with van der Waals surface area (Å²) in [6.07, 6.45) is 1.05. The summed E-state index contributed by atoms with van der Waals surface area (Å²) in [5, 5.41) is 9.27. The number of anilines is 1. The van der Waals surface area contributed by atoms with Crippen LogP contribution < -0.4 is 4.90 Å². The van der Waals surface area contributed by atoms with E-state index in [0.29, 0.717) is 5.56 Å². The first-order valence-corrected chi connectivity index (χ1v) is 6.67. The van der Waals surface area contributed by atoms with Gasteiger partial charge in [-0.25, -0.2) is 4.79 Å². The van der Waals surface area contributed by atoms with Crippen molar-refractivity contribution >= 4 is 27.6 Å². The lowest BCUT2D eigenvalue weighted by molar-refractivity contribution is 0.0697. The number of nitrogens with zero attached hydrogens (tertiary/aromatic N) is 1. The molecule has 1 aliphatic rings. The Labute approximate surface area is 115 Å². The molecule has 4 nitrogen and oxygen atoms in total. The van der Waals surface area contributed by atoms with Gasteiger partial charge in [-0.2, -0.15) is 0 Å². The number of hydrogen-bond acceptors (Lipinski definition) is 3. The summed E-state index contributed by atoms with van der Waals surface area (Å²) in [6.45, 7) is 2.75. The predicted molar refractivity (Wildman–Crippen MR) is 73.3 cm³/mol. The number of benzene rings is 1. The number of carboxylic acid groups (broad SMARTS) is 1. The average Bonchev–Trinajstić information content (AvgIpc) is 2.74. The van der Waals surface area contributed by atoms with Gasteiger partial charge in [0.1, 0.15) is 0 Å². The van der Waals surface area contributed by atoms with Crippen molar-refractivity contribution in [1.82, 2.24) is 0 Å². The highest BCUT2D eigenvalue weighted by Crippen LogP contribution is 2.29. The van der Waals surface area contributed by atoms with E-state index in [9.17, 15) is 9.90 Å². The fraction of sp³-hybridized carbons (Fsp3) is 0.462. The SMILES string of the molecule is CC1OCCC1N(C)c1ccc(Br)cc1C(=O)O. The molecule has 18 heavy (non-hydrogen) atoms. The Morgan fingerprint density at radius 2 is 2.28 bits per heavy atom. The van der Waals surface area contributed by atoms with Gasteiger partial charge in [0.05, 0.1) is 23.4 Å². The zero-order valence-corrected chi connectivity index (χ0v) is 12.0. The topological polar surface area (TPSA) is 49.8 Å². The van der Waals surface area contributed by atoms with Crippen molar-refractivity contribution in [2.24, 2.45) is 0 Å². The molecule has 1 N–H and O–H groups in total. The van der Waals surface area contributed by atoms with Gasteiger partial charge < -0.3 is 14.7 Å². The summed E-state index contributed by atoms with van der Waals surface area (Å²) in [5.74, 6) is -0.912. The van der Waals surface area contributed by atoms with Gasteiger partial charge in [0.15, 0.2) is 0 Å². The summed E-state index contributed by atoms with van der Waals surface area (Å²) in [7, 11) is 1.92.